The summed E-state index contributed by atoms with van der Waals surface area (Å²) in [5, 5.41) is 0. The van der Waals surface area contributed by atoms with Crippen LogP contribution in [0.15, 0.2) is 28.4 Å². The molecule has 0 saturated heterocycles. The first-order valence-corrected chi connectivity index (χ1v) is 7.67. The van der Waals surface area contributed by atoms with E-state index in [9.17, 15) is 18.4 Å². The van der Waals surface area contributed by atoms with Gasteiger partial charge in [-0.15, -0.1) is 0 Å². The van der Waals surface area contributed by atoms with Crippen LogP contribution in [0.5, 0.6) is 0 Å². The Balaban J connectivity index is 2.12. The highest BCUT2D eigenvalue weighted by molar-refractivity contribution is 6.19. The molecule has 0 aliphatic heterocycles. The Kier molecular flexibility index (Phi) is 5.51. The van der Waals surface area contributed by atoms with Gasteiger partial charge in [0.05, 0.1) is 11.6 Å². The van der Waals surface area contributed by atoms with Crippen LogP contribution in [0.1, 0.15) is 35.7 Å². The van der Waals surface area contributed by atoms with Crippen LogP contribution in [0, 0.1) is 18.6 Å². The first-order chi connectivity index (χ1) is 11.7. The lowest BCUT2D eigenvalue weighted by molar-refractivity contribution is -0.137. The van der Waals surface area contributed by atoms with Crippen LogP contribution < -0.4 is 11.5 Å². The van der Waals surface area contributed by atoms with Crippen molar-refractivity contribution in [2.75, 3.05) is 6.61 Å². The van der Waals surface area contributed by atoms with Crippen molar-refractivity contribution in [1.82, 2.24) is 0 Å². The third-order valence-electron chi connectivity index (χ3n) is 3.62. The van der Waals surface area contributed by atoms with Gasteiger partial charge in [0.25, 0.3) is 0 Å². The summed E-state index contributed by atoms with van der Waals surface area (Å²) < 4.78 is 32.5. The number of rotatable bonds is 6. The van der Waals surface area contributed by atoms with E-state index in [-0.39, 0.29) is 28.7 Å². The van der Waals surface area contributed by atoms with Gasteiger partial charge in [-0.05, 0) is 38.3 Å². The predicted molar refractivity (Wildman–Crippen MR) is 87.9 cm³/mol. The van der Waals surface area contributed by atoms with Crippen molar-refractivity contribution >= 4 is 17.6 Å². The van der Waals surface area contributed by atoms with Gasteiger partial charge in [-0.25, -0.2) is 13.6 Å². The number of nitrogens with zero attached hydrogens (tertiary/aromatic N) is 1. The van der Waals surface area contributed by atoms with Gasteiger partial charge < -0.3 is 16.2 Å². The molecule has 134 valence electrons. The number of esters is 1. The molecule has 1 aliphatic carbocycles. The third-order valence-corrected chi connectivity index (χ3v) is 3.62. The summed E-state index contributed by atoms with van der Waals surface area (Å²) in [7, 11) is 0. The van der Waals surface area contributed by atoms with Gasteiger partial charge in [-0.2, -0.15) is 0 Å². The number of aryl methyl sites for hydroxylation is 1. The number of ether oxygens (including phenoxy) is 1. The molecule has 2 rings (SSSR count). The average Bonchev–Trinajstić information content (AvgIpc) is 3.33. The molecular formula is C17H19F2N3O3. The number of carbonyl (C=O) groups excluding carboxylic acids is 2. The Hall–Kier alpha value is -2.77. The number of Topliss-reactive ketones (excluding diaryl/α,β-unsaturated/α-hetero) is 1. The molecule has 0 atom stereocenters. The number of ketones is 1. The Labute approximate surface area is 143 Å². The third kappa shape index (κ3) is 4.40. The molecule has 0 aromatic heterocycles. The molecule has 0 radical (unpaired) electrons. The number of allylic oxidation sites excluding steroid dienone is 1. The van der Waals surface area contributed by atoms with Gasteiger partial charge >= 0.3 is 5.97 Å². The number of nitrogens with two attached hydrogens (primary N) is 2. The Morgan fingerprint density at radius 2 is 1.92 bits per heavy atom. The molecule has 1 saturated carbocycles. The van der Waals surface area contributed by atoms with E-state index in [4.69, 9.17) is 16.2 Å². The Bertz CT molecular complexity index is 780. The molecule has 0 spiro atoms. The molecule has 1 fully saturated rings. The lowest BCUT2D eigenvalue weighted by Crippen LogP contribution is -2.28. The first kappa shape index (κ1) is 18.6. The predicted octanol–water partition coefficient (Wildman–Crippen LogP) is 1.75. The van der Waals surface area contributed by atoms with Crippen molar-refractivity contribution < 1.29 is 23.1 Å². The van der Waals surface area contributed by atoms with Crippen molar-refractivity contribution in [3.63, 3.8) is 0 Å². The summed E-state index contributed by atoms with van der Waals surface area (Å²) >= 11 is 0. The monoisotopic (exact) mass is 351 g/mol. The zero-order valence-corrected chi connectivity index (χ0v) is 13.9. The van der Waals surface area contributed by atoms with Gasteiger partial charge in [0.15, 0.2) is 6.61 Å². The molecule has 1 aliphatic rings. The molecule has 0 bridgehead atoms. The summed E-state index contributed by atoms with van der Waals surface area (Å²) in [5.41, 5.74) is 10.7. The minimum atomic E-state index is -1.02. The maximum Gasteiger partial charge on any atom is 0.344 e. The van der Waals surface area contributed by atoms with Crippen LogP contribution in [0.2, 0.25) is 0 Å². The topological polar surface area (TPSA) is 108 Å². The number of benzene rings is 1. The van der Waals surface area contributed by atoms with Crippen LogP contribution in [0.4, 0.5) is 8.78 Å². The molecule has 4 N–H and O–H groups in total. The smallest absolute Gasteiger partial charge is 0.344 e. The standard InChI is InChI=1S/C17H19F2N3O3/c1-8-3-6-11(18)14(15(8)19)12(23)7-25-17(24)13(9(2)20)16(21)22-10-4-5-10/h3,6,10H,4-5,7,20H2,1-2H3,(H2,21,22). The maximum atomic E-state index is 13.9. The highest BCUT2D eigenvalue weighted by Gasteiger charge is 2.26. The minimum absolute atomic E-state index is 0.0549. The van der Waals surface area contributed by atoms with E-state index in [1.54, 1.807) is 0 Å². The van der Waals surface area contributed by atoms with Gasteiger partial charge in [0.2, 0.25) is 5.78 Å². The lowest BCUT2D eigenvalue weighted by atomic mass is 10.1. The fourth-order valence-corrected chi connectivity index (χ4v) is 2.12. The van der Waals surface area contributed by atoms with Crippen LogP contribution in [0.25, 0.3) is 0 Å². The SMILES string of the molecule is CC(N)=C(C(=O)OCC(=O)c1c(F)ccc(C)c1F)C(N)=NC1CC1. The molecule has 1 aromatic carbocycles. The zero-order valence-electron chi connectivity index (χ0n) is 13.9. The first-order valence-electron chi connectivity index (χ1n) is 7.67. The molecule has 6 nitrogen and oxygen atoms in total. The number of hydrogen-bond donors (Lipinski definition) is 2. The maximum absolute atomic E-state index is 13.9. The number of hydrogen-bond acceptors (Lipinski definition) is 5. The molecule has 0 heterocycles. The quantitative estimate of drug-likeness (QED) is 0.267. The van der Waals surface area contributed by atoms with Crippen LogP contribution >= 0.6 is 0 Å². The van der Waals surface area contributed by atoms with E-state index in [0.717, 1.165) is 18.9 Å². The van der Waals surface area contributed by atoms with E-state index >= 15 is 0 Å². The van der Waals surface area contributed by atoms with E-state index in [1.165, 1.54) is 19.9 Å². The van der Waals surface area contributed by atoms with Crippen LogP contribution in [0.3, 0.4) is 0 Å². The van der Waals surface area contributed by atoms with Gasteiger partial charge in [0.1, 0.15) is 23.0 Å². The number of carbonyl (C=O) groups is 2. The van der Waals surface area contributed by atoms with Gasteiger partial charge in [-0.3, -0.25) is 9.79 Å². The van der Waals surface area contributed by atoms with E-state index < -0.39 is 35.6 Å². The van der Waals surface area contributed by atoms with Gasteiger partial charge in [0, 0.05) is 5.70 Å². The largest absolute Gasteiger partial charge is 0.454 e. The highest BCUT2D eigenvalue weighted by atomic mass is 19.1. The lowest BCUT2D eigenvalue weighted by Gasteiger charge is -2.10. The fraction of sp³-hybridized carbons (Fsp3) is 0.353. The summed E-state index contributed by atoms with van der Waals surface area (Å²) in [6.45, 7) is 1.99. The molecular weight excluding hydrogens is 332 g/mol. The molecule has 1 aromatic rings. The molecule has 0 unspecified atom stereocenters. The van der Waals surface area contributed by atoms with Crippen molar-refractivity contribution in [2.45, 2.75) is 32.7 Å². The van der Waals surface area contributed by atoms with Crippen molar-refractivity contribution in [1.29, 1.82) is 0 Å². The second-order valence-corrected chi connectivity index (χ2v) is 5.86. The summed E-state index contributed by atoms with van der Waals surface area (Å²) in [6.07, 6.45) is 1.74. The summed E-state index contributed by atoms with van der Waals surface area (Å²) in [5.74, 6) is -4.05. The zero-order chi connectivity index (χ0) is 18.7. The molecule has 8 heteroatoms. The second-order valence-electron chi connectivity index (χ2n) is 5.86. The second kappa shape index (κ2) is 7.42. The van der Waals surface area contributed by atoms with Crippen molar-refractivity contribution in [3.05, 3.63) is 46.2 Å². The molecule has 25 heavy (non-hydrogen) atoms. The van der Waals surface area contributed by atoms with Crippen molar-refractivity contribution in [3.8, 4) is 0 Å². The van der Waals surface area contributed by atoms with E-state index in [0.29, 0.717) is 0 Å². The Morgan fingerprint density at radius 3 is 2.48 bits per heavy atom. The number of amidine groups is 1. The van der Waals surface area contributed by atoms with Gasteiger partial charge in [-0.1, -0.05) is 6.07 Å². The summed E-state index contributed by atoms with van der Waals surface area (Å²) in [6, 6.07) is 2.24. The normalized spacial score (nSPS) is 15.6. The Morgan fingerprint density at radius 1 is 1.28 bits per heavy atom. The average molecular weight is 351 g/mol. The van der Waals surface area contributed by atoms with Crippen LogP contribution in [-0.4, -0.2) is 30.2 Å². The minimum Gasteiger partial charge on any atom is -0.454 e. The highest BCUT2D eigenvalue weighted by Crippen LogP contribution is 2.24. The fourth-order valence-electron chi connectivity index (χ4n) is 2.12. The molecule has 0 amide bonds. The van der Waals surface area contributed by atoms with Crippen LogP contribution in [-0.2, 0) is 9.53 Å². The summed E-state index contributed by atoms with van der Waals surface area (Å²) in [4.78, 5) is 28.3. The van der Waals surface area contributed by atoms with E-state index in [2.05, 4.69) is 4.99 Å². The van der Waals surface area contributed by atoms with Crippen molar-refractivity contribution in [2.24, 2.45) is 16.5 Å². The number of aliphatic imine (C=N–C) groups is 1. The number of halogens is 2. The van der Waals surface area contributed by atoms with E-state index in [1.807, 2.05) is 0 Å².